The van der Waals surface area contributed by atoms with Crippen LogP contribution in [0.25, 0.3) is 11.4 Å². The van der Waals surface area contributed by atoms with Crippen LogP contribution in [-0.2, 0) is 17.8 Å². The van der Waals surface area contributed by atoms with Gasteiger partial charge >= 0.3 is 0 Å². The smallest absolute Gasteiger partial charge is 0.227 e. The number of rotatable bonds is 6. The zero-order valence-corrected chi connectivity index (χ0v) is 17.3. The molecule has 1 amide bonds. The van der Waals surface area contributed by atoms with Gasteiger partial charge < -0.3 is 9.42 Å². The molecule has 0 radical (unpaired) electrons. The Kier molecular flexibility index (Phi) is 6.65. The molecular formula is C23H24N6O2. The number of benzene rings is 1. The maximum absolute atomic E-state index is 12.7. The van der Waals surface area contributed by atoms with Gasteiger partial charge in [0.05, 0.1) is 11.6 Å². The molecule has 0 bridgehead atoms. The van der Waals surface area contributed by atoms with Gasteiger partial charge in [-0.15, -0.1) is 0 Å². The Morgan fingerprint density at radius 1 is 1.06 bits per heavy atom. The molecule has 0 saturated carbocycles. The van der Waals surface area contributed by atoms with Crippen molar-refractivity contribution in [1.29, 1.82) is 5.26 Å². The van der Waals surface area contributed by atoms with Gasteiger partial charge in [-0.1, -0.05) is 17.3 Å². The monoisotopic (exact) mass is 416 g/mol. The molecule has 3 aromatic rings. The third-order valence-corrected chi connectivity index (χ3v) is 5.39. The van der Waals surface area contributed by atoms with Crippen LogP contribution >= 0.6 is 0 Å². The minimum Gasteiger partial charge on any atom is -0.341 e. The summed E-state index contributed by atoms with van der Waals surface area (Å²) in [5.41, 5.74) is 2.69. The van der Waals surface area contributed by atoms with Crippen LogP contribution in [-0.4, -0.2) is 57.0 Å². The molecule has 0 N–H and O–H groups in total. The van der Waals surface area contributed by atoms with Gasteiger partial charge in [0.2, 0.25) is 17.6 Å². The van der Waals surface area contributed by atoms with Gasteiger partial charge in [-0.25, -0.2) is 0 Å². The first-order chi connectivity index (χ1) is 15.2. The molecule has 0 unspecified atom stereocenters. The van der Waals surface area contributed by atoms with Crippen molar-refractivity contribution in [3.05, 3.63) is 65.8 Å². The first kappa shape index (κ1) is 20.7. The lowest BCUT2D eigenvalue weighted by molar-refractivity contribution is -0.131. The first-order valence-corrected chi connectivity index (χ1v) is 10.4. The van der Waals surface area contributed by atoms with Crippen LogP contribution in [0.3, 0.4) is 0 Å². The van der Waals surface area contributed by atoms with Crippen molar-refractivity contribution in [2.45, 2.75) is 25.8 Å². The standard InChI is InChI=1S/C23H24N6O2/c24-16-18-2-4-19(5-3-18)17-28-12-1-13-29(15-14-28)22(30)7-6-21-26-23(27-31-21)20-8-10-25-11-9-20/h2-5,8-11H,1,6-7,12-15,17H2. The summed E-state index contributed by atoms with van der Waals surface area (Å²) in [6, 6.07) is 13.5. The number of aromatic nitrogens is 3. The lowest BCUT2D eigenvalue weighted by Crippen LogP contribution is -2.35. The van der Waals surface area contributed by atoms with Crippen LogP contribution in [0.4, 0.5) is 0 Å². The summed E-state index contributed by atoms with van der Waals surface area (Å²) in [6.45, 7) is 4.07. The van der Waals surface area contributed by atoms with Gasteiger partial charge in [0.25, 0.3) is 0 Å². The highest BCUT2D eigenvalue weighted by Gasteiger charge is 2.20. The van der Waals surface area contributed by atoms with Crippen molar-refractivity contribution in [2.24, 2.45) is 0 Å². The van der Waals surface area contributed by atoms with E-state index in [1.165, 1.54) is 5.56 Å². The maximum Gasteiger partial charge on any atom is 0.227 e. The Labute approximate surface area is 181 Å². The Morgan fingerprint density at radius 2 is 1.87 bits per heavy atom. The highest BCUT2D eigenvalue weighted by Crippen LogP contribution is 2.16. The van der Waals surface area contributed by atoms with E-state index >= 15 is 0 Å². The van der Waals surface area contributed by atoms with Gasteiger partial charge in [0.1, 0.15) is 0 Å². The number of nitriles is 1. The van der Waals surface area contributed by atoms with E-state index in [4.69, 9.17) is 9.78 Å². The predicted molar refractivity (Wildman–Crippen MR) is 113 cm³/mol. The summed E-state index contributed by atoms with van der Waals surface area (Å²) in [5, 5.41) is 12.9. The molecule has 1 saturated heterocycles. The normalized spacial score (nSPS) is 14.7. The van der Waals surface area contributed by atoms with Crippen LogP contribution in [0.1, 0.15) is 29.9 Å². The molecule has 2 aromatic heterocycles. The molecule has 31 heavy (non-hydrogen) atoms. The van der Waals surface area contributed by atoms with Crippen molar-refractivity contribution in [3.63, 3.8) is 0 Å². The van der Waals surface area contributed by atoms with Crippen LogP contribution < -0.4 is 0 Å². The number of carbonyl (C=O) groups is 1. The number of hydrogen-bond acceptors (Lipinski definition) is 7. The predicted octanol–water partition coefficient (Wildman–Crippen LogP) is 2.67. The number of nitrogens with zero attached hydrogens (tertiary/aromatic N) is 6. The number of hydrogen-bond donors (Lipinski definition) is 0. The van der Waals surface area contributed by atoms with E-state index in [0.717, 1.165) is 38.2 Å². The molecule has 4 rings (SSSR count). The molecular weight excluding hydrogens is 392 g/mol. The molecule has 1 aliphatic rings. The minimum absolute atomic E-state index is 0.115. The van der Waals surface area contributed by atoms with Crippen molar-refractivity contribution in [2.75, 3.05) is 26.2 Å². The van der Waals surface area contributed by atoms with Gasteiger partial charge in [-0.3, -0.25) is 14.7 Å². The van der Waals surface area contributed by atoms with E-state index in [1.807, 2.05) is 41.3 Å². The van der Waals surface area contributed by atoms with Crippen molar-refractivity contribution >= 4 is 5.91 Å². The summed E-state index contributed by atoms with van der Waals surface area (Å²) in [6.07, 6.45) is 5.09. The Balaban J connectivity index is 1.26. The summed E-state index contributed by atoms with van der Waals surface area (Å²) in [7, 11) is 0. The van der Waals surface area contributed by atoms with Crippen molar-refractivity contribution in [1.82, 2.24) is 24.9 Å². The highest BCUT2D eigenvalue weighted by molar-refractivity contribution is 5.76. The summed E-state index contributed by atoms with van der Waals surface area (Å²) in [4.78, 5) is 25.4. The average molecular weight is 416 g/mol. The lowest BCUT2D eigenvalue weighted by atomic mass is 10.1. The zero-order chi connectivity index (χ0) is 21.5. The zero-order valence-electron chi connectivity index (χ0n) is 17.3. The molecule has 0 atom stereocenters. The van der Waals surface area contributed by atoms with Crippen molar-refractivity contribution in [3.8, 4) is 17.5 Å². The van der Waals surface area contributed by atoms with E-state index in [9.17, 15) is 4.79 Å². The SMILES string of the molecule is N#Cc1ccc(CN2CCCN(C(=O)CCc3nc(-c4ccncc4)no3)CC2)cc1. The summed E-state index contributed by atoms with van der Waals surface area (Å²) < 4.78 is 5.30. The largest absolute Gasteiger partial charge is 0.341 e. The third-order valence-electron chi connectivity index (χ3n) is 5.39. The second-order valence-corrected chi connectivity index (χ2v) is 7.57. The molecule has 1 fully saturated rings. The Morgan fingerprint density at radius 3 is 2.65 bits per heavy atom. The van der Waals surface area contributed by atoms with Crippen molar-refractivity contribution < 1.29 is 9.32 Å². The topological polar surface area (TPSA) is 99.2 Å². The minimum atomic E-state index is 0.115. The number of aryl methyl sites for hydroxylation is 1. The van der Waals surface area contributed by atoms with Crippen LogP contribution in [0.15, 0.2) is 53.3 Å². The van der Waals surface area contributed by atoms with Gasteiger partial charge in [0, 0.05) is 63.5 Å². The fourth-order valence-electron chi connectivity index (χ4n) is 3.67. The molecule has 8 nitrogen and oxygen atoms in total. The fourth-order valence-corrected chi connectivity index (χ4v) is 3.67. The van der Waals surface area contributed by atoms with E-state index in [0.29, 0.717) is 36.7 Å². The van der Waals surface area contributed by atoms with Crippen LogP contribution in [0.5, 0.6) is 0 Å². The number of pyridine rings is 1. The summed E-state index contributed by atoms with van der Waals surface area (Å²) in [5.74, 6) is 1.10. The number of amides is 1. The second kappa shape index (κ2) is 9.96. The van der Waals surface area contributed by atoms with Crippen LogP contribution in [0.2, 0.25) is 0 Å². The highest BCUT2D eigenvalue weighted by atomic mass is 16.5. The van der Waals surface area contributed by atoms with Gasteiger partial charge in [-0.05, 0) is 36.2 Å². The Bertz CT molecular complexity index is 1040. The molecule has 0 spiro atoms. The molecule has 1 aliphatic heterocycles. The van der Waals surface area contributed by atoms with E-state index < -0.39 is 0 Å². The first-order valence-electron chi connectivity index (χ1n) is 10.4. The second-order valence-electron chi connectivity index (χ2n) is 7.57. The fraction of sp³-hybridized carbons (Fsp3) is 0.348. The van der Waals surface area contributed by atoms with Gasteiger partial charge in [0.15, 0.2) is 0 Å². The molecule has 158 valence electrons. The average Bonchev–Trinajstić information content (AvgIpc) is 3.17. The van der Waals surface area contributed by atoms with E-state index in [1.54, 1.807) is 12.4 Å². The summed E-state index contributed by atoms with van der Waals surface area (Å²) >= 11 is 0. The maximum atomic E-state index is 12.7. The molecule has 3 heterocycles. The quantitative estimate of drug-likeness (QED) is 0.609. The third kappa shape index (κ3) is 5.53. The van der Waals surface area contributed by atoms with Gasteiger partial charge in [-0.2, -0.15) is 10.2 Å². The molecule has 8 heteroatoms. The van der Waals surface area contributed by atoms with Crippen LogP contribution in [0, 0.1) is 11.3 Å². The van der Waals surface area contributed by atoms with E-state index in [-0.39, 0.29) is 5.91 Å². The molecule has 1 aromatic carbocycles. The Hall–Kier alpha value is -3.57. The molecule has 0 aliphatic carbocycles. The number of carbonyl (C=O) groups excluding carboxylic acids is 1. The van der Waals surface area contributed by atoms with E-state index in [2.05, 4.69) is 26.1 Å². The lowest BCUT2D eigenvalue weighted by Gasteiger charge is -2.22.